The number of methoxy groups -OCH3 is 1. The Balaban J connectivity index is 2.49. The number of rotatable bonds is 7. The zero-order valence-corrected chi connectivity index (χ0v) is 15.9. The topological polar surface area (TPSA) is 21.3 Å². The molecule has 0 aliphatic rings. The monoisotopic (exact) mass is 355 g/mol. The third kappa shape index (κ3) is 6.84. The minimum absolute atomic E-state index is 0.213. The fraction of sp³-hybridized carbons (Fsp3) is 0.667. The highest BCUT2D eigenvalue weighted by Crippen LogP contribution is 2.28. The lowest BCUT2D eigenvalue weighted by Gasteiger charge is -2.22. The van der Waals surface area contributed by atoms with Gasteiger partial charge in [0.15, 0.2) is 0 Å². The molecule has 0 fully saturated rings. The predicted molar refractivity (Wildman–Crippen MR) is 95.3 cm³/mol. The summed E-state index contributed by atoms with van der Waals surface area (Å²) in [5.74, 6) is 1.72. The van der Waals surface area contributed by atoms with Gasteiger partial charge < -0.3 is 10.1 Å². The van der Waals surface area contributed by atoms with Crippen LogP contribution >= 0.6 is 15.9 Å². The molecule has 0 aliphatic carbocycles. The third-order valence-electron chi connectivity index (χ3n) is 3.76. The van der Waals surface area contributed by atoms with Crippen molar-refractivity contribution < 1.29 is 4.74 Å². The molecule has 0 radical (unpaired) electrons. The first-order chi connectivity index (χ1) is 9.73. The largest absolute Gasteiger partial charge is 0.496 e. The maximum absolute atomic E-state index is 5.51. The van der Waals surface area contributed by atoms with Crippen molar-refractivity contribution in [3.8, 4) is 5.75 Å². The minimum atomic E-state index is 0.213. The van der Waals surface area contributed by atoms with Gasteiger partial charge in [0.25, 0.3) is 0 Å². The van der Waals surface area contributed by atoms with E-state index in [1.54, 1.807) is 7.11 Å². The quantitative estimate of drug-likeness (QED) is 0.733. The molecular weight excluding hydrogens is 326 g/mol. The number of hydrogen-bond acceptors (Lipinski definition) is 2. The SMILES string of the molecule is COc1cc(C)c(Br)cc1CCC(C)CCNC(C)(C)C. The van der Waals surface area contributed by atoms with Crippen molar-refractivity contribution in [3.63, 3.8) is 0 Å². The molecule has 21 heavy (non-hydrogen) atoms. The van der Waals surface area contributed by atoms with E-state index in [1.807, 2.05) is 0 Å². The number of benzene rings is 1. The van der Waals surface area contributed by atoms with E-state index in [9.17, 15) is 0 Å². The van der Waals surface area contributed by atoms with Gasteiger partial charge in [0.05, 0.1) is 7.11 Å². The zero-order valence-electron chi connectivity index (χ0n) is 14.3. The summed E-state index contributed by atoms with van der Waals surface area (Å²) in [6.45, 7) is 12.2. The predicted octanol–water partition coefficient (Wildman–Crippen LogP) is 5.11. The van der Waals surface area contributed by atoms with Gasteiger partial charge in [-0.2, -0.15) is 0 Å². The molecule has 2 nitrogen and oxygen atoms in total. The summed E-state index contributed by atoms with van der Waals surface area (Å²) < 4.78 is 6.67. The van der Waals surface area contributed by atoms with Crippen molar-refractivity contribution in [2.24, 2.45) is 5.92 Å². The van der Waals surface area contributed by atoms with E-state index in [2.05, 4.69) is 68.0 Å². The summed E-state index contributed by atoms with van der Waals surface area (Å²) in [6, 6.07) is 4.32. The average molecular weight is 356 g/mol. The number of nitrogens with one attached hydrogen (secondary N) is 1. The van der Waals surface area contributed by atoms with E-state index in [0.29, 0.717) is 5.92 Å². The van der Waals surface area contributed by atoms with E-state index in [-0.39, 0.29) is 5.54 Å². The molecule has 0 bridgehead atoms. The highest BCUT2D eigenvalue weighted by atomic mass is 79.9. The Morgan fingerprint density at radius 1 is 1.24 bits per heavy atom. The van der Waals surface area contributed by atoms with Gasteiger partial charge in [0.2, 0.25) is 0 Å². The molecule has 0 spiro atoms. The van der Waals surface area contributed by atoms with E-state index in [4.69, 9.17) is 4.74 Å². The van der Waals surface area contributed by atoms with Crippen LogP contribution in [0.4, 0.5) is 0 Å². The van der Waals surface area contributed by atoms with Gasteiger partial charge in [-0.3, -0.25) is 0 Å². The Labute approximate surface area is 138 Å². The Bertz CT molecular complexity index is 451. The van der Waals surface area contributed by atoms with E-state index < -0.39 is 0 Å². The molecule has 1 aromatic rings. The summed E-state index contributed by atoms with van der Waals surface area (Å²) in [5.41, 5.74) is 2.73. The molecule has 120 valence electrons. The van der Waals surface area contributed by atoms with Crippen molar-refractivity contribution >= 4 is 15.9 Å². The Morgan fingerprint density at radius 2 is 1.90 bits per heavy atom. The fourth-order valence-electron chi connectivity index (χ4n) is 2.32. The average Bonchev–Trinajstić information content (AvgIpc) is 2.38. The number of aryl methyl sites for hydroxylation is 2. The second-order valence-corrected chi connectivity index (χ2v) is 7.88. The second kappa shape index (κ2) is 8.19. The van der Waals surface area contributed by atoms with Crippen LogP contribution < -0.4 is 10.1 Å². The van der Waals surface area contributed by atoms with Gasteiger partial charge in [-0.1, -0.05) is 22.9 Å². The first-order valence-electron chi connectivity index (χ1n) is 7.81. The molecule has 1 rings (SSSR count). The molecule has 0 heterocycles. The summed E-state index contributed by atoms with van der Waals surface area (Å²) in [5, 5.41) is 3.56. The molecule has 0 aromatic heterocycles. The summed E-state index contributed by atoms with van der Waals surface area (Å²) >= 11 is 3.61. The molecule has 3 heteroatoms. The fourth-order valence-corrected chi connectivity index (χ4v) is 2.71. The minimum Gasteiger partial charge on any atom is -0.496 e. The summed E-state index contributed by atoms with van der Waals surface area (Å²) in [7, 11) is 1.75. The van der Waals surface area contributed by atoms with Crippen LogP contribution in [0.25, 0.3) is 0 Å². The Morgan fingerprint density at radius 3 is 2.48 bits per heavy atom. The van der Waals surface area contributed by atoms with Crippen molar-refractivity contribution in [3.05, 3.63) is 27.7 Å². The van der Waals surface area contributed by atoms with Crippen LogP contribution in [0.2, 0.25) is 0 Å². The van der Waals surface area contributed by atoms with Crippen molar-refractivity contribution in [1.82, 2.24) is 5.32 Å². The Hall–Kier alpha value is -0.540. The van der Waals surface area contributed by atoms with E-state index >= 15 is 0 Å². The molecule has 0 saturated heterocycles. The number of ether oxygens (including phenoxy) is 1. The van der Waals surface area contributed by atoms with Crippen LogP contribution in [0.15, 0.2) is 16.6 Å². The lowest BCUT2D eigenvalue weighted by Crippen LogP contribution is -2.36. The van der Waals surface area contributed by atoms with Crippen molar-refractivity contribution in [2.45, 2.75) is 59.4 Å². The van der Waals surface area contributed by atoms with Gasteiger partial charge in [-0.05, 0) is 82.7 Å². The highest BCUT2D eigenvalue weighted by Gasteiger charge is 2.11. The third-order valence-corrected chi connectivity index (χ3v) is 4.61. The highest BCUT2D eigenvalue weighted by molar-refractivity contribution is 9.10. The van der Waals surface area contributed by atoms with Crippen LogP contribution in [0.3, 0.4) is 0 Å². The van der Waals surface area contributed by atoms with Gasteiger partial charge in [-0.15, -0.1) is 0 Å². The molecule has 1 N–H and O–H groups in total. The van der Waals surface area contributed by atoms with Gasteiger partial charge in [0, 0.05) is 10.0 Å². The lowest BCUT2D eigenvalue weighted by molar-refractivity contribution is 0.382. The van der Waals surface area contributed by atoms with Crippen molar-refractivity contribution in [2.75, 3.05) is 13.7 Å². The summed E-state index contributed by atoms with van der Waals surface area (Å²) in [6.07, 6.45) is 3.48. The zero-order chi connectivity index (χ0) is 16.0. The standard InChI is InChI=1S/C18H30BrNO/c1-13(9-10-20-18(3,4)5)7-8-15-12-16(19)14(2)11-17(15)21-6/h11-13,20H,7-10H2,1-6H3. The van der Waals surface area contributed by atoms with Crippen LogP contribution in [-0.2, 0) is 6.42 Å². The van der Waals surface area contributed by atoms with E-state index in [1.165, 1.54) is 28.4 Å². The molecular formula is C18H30BrNO. The van der Waals surface area contributed by atoms with Crippen LogP contribution in [-0.4, -0.2) is 19.2 Å². The Kier molecular flexibility index (Phi) is 7.22. The number of hydrogen-bond donors (Lipinski definition) is 1. The first kappa shape index (κ1) is 18.5. The first-order valence-corrected chi connectivity index (χ1v) is 8.60. The van der Waals surface area contributed by atoms with Gasteiger partial charge in [0.1, 0.15) is 5.75 Å². The second-order valence-electron chi connectivity index (χ2n) is 7.02. The normalized spacial score (nSPS) is 13.3. The summed E-state index contributed by atoms with van der Waals surface area (Å²) in [4.78, 5) is 0. The molecule has 0 amide bonds. The maximum Gasteiger partial charge on any atom is 0.122 e. The van der Waals surface area contributed by atoms with E-state index in [0.717, 1.165) is 18.7 Å². The van der Waals surface area contributed by atoms with Crippen LogP contribution in [0.1, 0.15) is 51.7 Å². The number of halogens is 1. The lowest BCUT2D eigenvalue weighted by atomic mass is 9.96. The molecule has 1 aromatic carbocycles. The molecule has 1 atom stereocenters. The van der Waals surface area contributed by atoms with Crippen LogP contribution in [0, 0.1) is 12.8 Å². The van der Waals surface area contributed by atoms with Crippen molar-refractivity contribution in [1.29, 1.82) is 0 Å². The van der Waals surface area contributed by atoms with Gasteiger partial charge >= 0.3 is 0 Å². The van der Waals surface area contributed by atoms with Crippen LogP contribution in [0.5, 0.6) is 5.75 Å². The smallest absolute Gasteiger partial charge is 0.122 e. The maximum atomic E-state index is 5.51. The molecule has 0 aliphatic heterocycles. The molecule has 0 saturated carbocycles. The molecule has 1 unspecified atom stereocenters. The van der Waals surface area contributed by atoms with Gasteiger partial charge in [-0.25, -0.2) is 0 Å².